The maximum absolute atomic E-state index is 11.5. The van der Waals surface area contributed by atoms with Crippen molar-refractivity contribution in [2.24, 2.45) is 5.41 Å². The SMILES string of the molecule is CC(C)(C)[C@]1(O)OC(=O)c2ccccc21. The van der Waals surface area contributed by atoms with Crippen LogP contribution in [0.5, 0.6) is 0 Å². The highest BCUT2D eigenvalue weighted by atomic mass is 16.7. The zero-order valence-electron chi connectivity index (χ0n) is 9.07. The standard InChI is InChI=1S/C12H14O3/c1-11(2,3)12(14)9-7-5-4-6-8(9)10(13)15-12/h4-7,14H,1-3H3/t12-/m1/s1. The van der Waals surface area contributed by atoms with Crippen LogP contribution < -0.4 is 0 Å². The van der Waals surface area contributed by atoms with Crippen LogP contribution in [-0.2, 0) is 10.5 Å². The minimum absolute atomic E-state index is 0.454. The summed E-state index contributed by atoms with van der Waals surface area (Å²) in [6, 6.07) is 6.94. The molecule has 3 heteroatoms. The molecule has 0 saturated carbocycles. The summed E-state index contributed by atoms with van der Waals surface area (Å²) in [6.07, 6.45) is 0. The summed E-state index contributed by atoms with van der Waals surface area (Å²) in [7, 11) is 0. The van der Waals surface area contributed by atoms with E-state index in [9.17, 15) is 9.90 Å². The monoisotopic (exact) mass is 206 g/mol. The Bertz CT molecular complexity index is 417. The molecule has 0 aromatic heterocycles. The summed E-state index contributed by atoms with van der Waals surface area (Å²) >= 11 is 0. The van der Waals surface area contributed by atoms with Crippen molar-refractivity contribution >= 4 is 5.97 Å². The molecule has 80 valence electrons. The molecule has 1 atom stereocenters. The number of ether oxygens (including phenoxy) is 1. The number of hydrogen-bond donors (Lipinski definition) is 1. The Balaban J connectivity index is 2.63. The highest BCUT2D eigenvalue weighted by molar-refractivity contribution is 5.94. The van der Waals surface area contributed by atoms with E-state index in [-0.39, 0.29) is 0 Å². The van der Waals surface area contributed by atoms with E-state index in [2.05, 4.69) is 0 Å². The summed E-state index contributed by atoms with van der Waals surface area (Å²) in [5.41, 5.74) is 0.465. The van der Waals surface area contributed by atoms with E-state index >= 15 is 0 Å². The van der Waals surface area contributed by atoms with Gasteiger partial charge in [-0.3, -0.25) is 0 Å². The second-order valence-electron chi connectivity index (χ2n) is 4.83. The van der Waals surface area contributed by atoms with Crippen molar-refractivity contribution in [3.8, 4) is 0 Å². The summed E-state index contributed by atoms with van der Waals surface area (Å²) in [6.45, 7) is 5.51. The molecular weight excluding hydrogens is 192 g/mol. The molecule has 0 saturated heterocycles. The van der Waals surface area contributed by atoms with Crippen molar-refractivity contribution in [3.05, 3.63) is 35.4 Å². The number of benzene rings is 1. The molecule has 0 fully saturated rings. The number of cyclic esters (lactones) is 1. The van der Waals surface area contributed by atoms with Crippen LogP contribution in [0.4, 0.5) is 0 Å². The van der Waals surface area contributed by atoms with E-state index < -0.39 is 17.2 Å². The molecule has 0 unspecified atom stereocenters. The van der Waals surface area contributed by atoms with Crippen molar-refractivity contribution in [3.63, 3.8) is 0 Å². The molecule has 1 aromatic carbocycles. The van der Waals surface area contributed by atoms with Crippen molar-refractivity contribution in [2.45, 2.75) is 26.6 Å². The third-order valence-electron chi connectivity index (χ3n) is 2.77. The minimum Gasteiger partial charge on any atom is -0.425 e. The lowest BCUT2D eigenvalue weighted by Crippen LogP contribution is -2.40. The van der Waals surface area contributed by atoms with Crippen molar-refractivity contribution < 1.29 is 14.6 Å². The molecule has 1 heterocycles. The molecule has 0 aliphatic carbocycles. The van der Waals surface area contributed by atoms with Gasteiger partial charge in [-0.2, -0.15) is 0 Å². The molecule has 3 nitrogen and oxygen atoms in total. The number of rotatable bonds is 0. The Morgan fingerprint density at radius 3 is 2.47 bits per heavy atom. The van der Waals surface area contributed by atoms with E-state index in [0.29, 0.717) is 11.1 Å². The first-order valence-electron chi connectivity index (χ1n) is 4.91. The van der Waals surface area contributed by atoms with Gasteiger partial charge in [0.25, 0.3) is 0 Å². The Hall–Kier alpha value is -1.35. The smallest absolute Gasteiger partial charge is 0.341 e. The average Bonchev–Trinajstić information content (AvgIpc) is 2.41. The van der Waals surface area contributed by atoms with Gasteiger partial charge < -0.3 is 9.84 Å². The molecule has 1 aliphatic rings. The maximum Gasteiger partial charge on any atom is 0.341 e. The largest absolute Gasteiger partial charge is 0.425 e. The normalized spacial score (nSPS) is 24.9. The van der Waals surface area contributed by atoms with Gasteiger partial charge in [0.2, 0.25) is 5.79 Å². The Morgan fingerprint density at radius 2 is 1.87 bits per heavy atom. The average molecular weight is 206 g/mol. The molecule has 0 radical (unpaired) electrons. The van der Waals surface area contributed by atoms with Gasteiger partial charge in [-0.1, -0.05) is 39.0 Å². The lowest BCUT2D eigenvalue weighted by molar-refractivity contribution is -0.228. The topological polar surface area (TPSA) is 46.5 Å². The predicted octanol–water partition coefficient (Wildman–Crippen LogP) is 2.05. The van der Waals surface area contributed by atoms with Crippen molar-refractivity contribution in [2.75, 3.05) is 0 Å². The Kier molecular flexibility index (Phi) is 1.92. The van der Waals surface area contributed by atoms with Crippen LogP contribution in [0.2, 0.25) is 0 Å². The number of fused-ring (bicyclic) bond motifs is 1. The predicted molar refractivity (Wildman–Crippen MR) is 55.2 cm³/mol. The number of esters is 1. The van der Waals surface area contributed by atoms with Crippen LogP contribution in [0.1, 0.15) is 36.7 Å². The van der Waals surface area contributed by atoms with Crippen molar-refractivity contribution in [1.82, 2.24) is 0 Å². The van der Waals surface area contributed by atoms with Gasteiger partial charge in [0, 0.05) is 11.0 Å². The quantitative estimate of drug-likeness (QED) is 0.661. The molecule has 1 aliphatic heterocycles. The van der Waals surface area contributed by atoms with Crippen LogP contribution in [0.15, 0.2) is 24.3 Å². The van der Waals surface area contributed by atoms with Gasteiger partial charge in [-0.05, 0) is 6.07 Å². The molecule has 1 N–H and O–H groups in total. The van der Waals surface area contributed by atoms with E-state index in [0.717, 1.165) is 0 Å². The lowest BCUT2D eigenvalue weighted by Gasteiger charge is -2.35. The number of carbonyl (C=O) groups excluding carboxylic acids is 1. The molecular formula is C12H14O3. The Labute approximate surface area is 88.7 Å². The Morgan fingerprint density at radius 1 is 1.27 bits per heavy atom. The minimum atomic E-state index is -1.51. The first kappa shape index (κ1) is 10.2. The first-order valence-corrected chi connectivity index (χ1v) is 4.91. The summed E-state index contributed by atoms with van der Waals surface area (Å²) in [5.74, 6) is -1.97. The summed E-state index contributed by atoms with van der Waals surface area (Å²) in [4.78, 5) is 11.5. The van der Waals surface area contributed by atoms with Gasteiger partial charge >= 0.3 is 5.97 Å². The van der Waals surface area contributed by atoms with Crippen LogP contribution in [0.25, 0.3) is 0 Å². The molecule has 0 bridgehead atoms. The van der Waals surface area contributed by atoms with Crippen LogP contribution in [-0.4, -0.2) is 11.1 Å². The number of hydrogen-bond acceptors (Lipinski definition) is 3. The zero-order valence-corrected chi connectivity index (χ0v) is 9.07. The number of carbonyl (C=O) groups is 1. The first-order chi connectivity index (χ1) is 6.86. The molecule has 1 aromatic rings. The van der Waals surface area contributed by atoms with E-state index in [1.54, 1.807) is 24.3 Å². The highest BCUT2D eigenvalue weighted by Gasteiger charge is 2.52. The van der Waals surface area contributed by atoms with Gasteiger partial charge in [-0.25, -0.2) is 4.79 Å². The molecule has 15 heavy (non-hydrogen) atoms. The third kappa shape index (κ3) is 1.27. The van der Waals surface area contributed by atoms with E-state index in [1.165, 1.54) is 0 Å². The molecule has 0 spiro atoms. The van der Waals surface area contributed by atoms with E-state index in [1.807, 2.05) is 20.8 Å². The molecule has 2 rings (SSSR count). The zero-order chi connectivity index (χ0) is 11.3. The van der Waals surface area contributed by atoms with Crippen molar-refractivity contribution in [1.29, 1.82) is 0 Å². The fourth-order valence-electron chi connectivity index (χ4n) is 1.76. The van der Waals surface area contributed by atoms with Crippen LogP contribution in [0, 0.1) is 5.41 Å². The van der Waals surface area contributed by atoms with Gasteiger partial charge in [0.05, 0.1) is 5.56 Å². The van der Waals surface area contributed by atoms with Crippen LogP contribution >= 0.6 is 0 Å². The third-order valence-corrected chi connectivity index (χ3v) is 2.77. The number of aliphatic hydroxyl groups is 1. The fraction of sp³-hybridized carbons (Fsp3) is 0.417. The lowest BCUT2D eigenvalue weighted by atomic mass is 9.81. The summed E-state index contributed by atoms with van der Waals surface area (Å²) in [5, 5.41) is 10.4. The summed E-state index contributed by atoms with van der Waals surface area (Å²) < 4.78 is 5.10. The highest BCUT2D eigenvalue weighted by Crippen LogP contribution is 2.46. The van der Waals surface area contributed by atoms with Gasteiger partial charge in [-0.15, -0.1) is 0 Å². The maximum atomic E-state index is 11.5. The van der Waals surface area contributed by atoms with Crippen LogP contribution in [0.3, 0.4) is 0 Å². The van der Waals surface area contributed by atoms with Gasteiger partial charge in [0.1, 0.15) is 0 Å². The second-order valence-corrected chi connectivity index (χ2v) is 4.83. The van der Waals surface area contributed by atoms with Gasteiger partial charge in [0.15, 0.2) is 0 Å². The second kappa shape index (κ2) is 2.83. The molecule has 0 amide bonds. The fourth-order valence-corrected chi connectivity index (χ4v) is 1.76. The van der Waals surface area contributed by atoms with E-state index in [4.69, 9.17) is 4.74 Å².